The SMILES string of the molecule is CCC(=O)N1CCOC(C(C)N)C1. The highest BCUT2D eigenvalue weighted by Gasteiger charge is 2.25. The van der Waals surface area contributed by atoms with Crippen molar-refractivity contribution in [1.82, 2.24) is 4.90 Å². The largest absolute Gasteiger partial charge is 0.373 e. The zero-order chi connectivity index (χ0) is 9.84. The number of ether oxygens (including phenoxy) is 1. The van der Waals surface area contributed by atoms with Gasteiger partial charge < -0.3 is 15.4 Å². The molecule has 0 aromatic rings. The minimum atomic E-state index is -0.00699. The van der Waals surface area contributed by atoms with E-state index in [-0.39, 0.29) is 18.1 Å². The number of rotatable bonds is 2. The highest BCUT2D eigenvalue weighted by atomic mass is 16.5. The number of hydrogen-bond acceptors (Lipinski definition) is 3. The van der Waals surface area contributed by atoms with Gasteiger partial charge in [-0.2, -0.15) is 0 Å². The molecule has 0 saturated carbocycles. The van der Waals surface area contributed by atoms with Gasteiger partial charge in [0.05, 0.1) is 12.7 Å². The van der Waals surface area contributed by atoms with Crippen LogP contribution in [0.4, 0.5) is 0 Å². The summed E-state index contributed by atoms with van der Waals surface area (Å²) in [5.74, 6) is 0.189. The maximum absolute atomic E-state index is 11.4. The lowest BCUT2D eigenvalue weighted by Gasteiger charge is -2.34. The molecule has 0 aromatic carbocycles. The Balaban J connectivity index is 2.46. The third-order valence-electron chi connectivity index (χ3n) is 2.34. The van der Waals surface area contributed by atoms with Crippen molar-refractivity contribution in [3.05, 3.63) is 0 Å². The van der Waals surface area contributed by atoms with E-state index in [0.717, 1.165) is 0 Å². The Labute approximate surface area is 79.0 Å². The van der Waals surface area contributed by atoms with E-state index in [2.05, 4.69) is 0 Å². The zero-order valence-corrected chi connectivity index (χ0v) is 8.32. The van der Waals surface area contributed by atoms with Gasteiger partial charge in [0.1, 0.15) is 0 Å². The Morgan fingerprint density at radius 1 is 1.77 bits per heavy atom. The number of morpholine rings is 1. The standard InChI is InChI=1S/C9H18N2O2/c1-3-9(12)11-4-5-13-8(6-11)7(2)10/h7-8H,3-6,10H2,1-2H3. The van der Waals surface area contributed by atoms with E-state index in [9.17, 15) is 4.79 Å². The molecule has 2 N–H and O–H groups in total. The van der Waals surface area contributed by atoms with Crippen LogP contribution in [0.15, 0.2) is 0 Å². The van der Waals surface area contributed by atoms with Gasteiger partial charge in [-0.15, -0.1) is 0 Å². The first-order valence-corrected chi connectivity index (χ1v) is 4.80. The summed E-state index contributed by atoms with van der Waals surface area (Å²) in [5.41, 5.74) is 5.71. The minimum Gasteiger partial charge on any atom is -0.373 e. The van der Waals surface area contributed by atoms with Crippen LogP contribution in [0.25, 0.3) is 0 Å². The van der Waals surface area contributed by atoms with Gasteiger partial charge in [-0.1, -0.05) is 6.92 Å². The van der Waals surface area contributed by atoms with Crippen LogP contribution < -0.4 is 5.73 Å². The van der Waals surface area contributed by atoms with E-state index in [1.165, 1.54) is 0 Å². The fourth-order valence-corrected chi connectivity index (χ4v) is 1.44. The summed E-state index contributed by atoms with van der Waals surface area (Å²) in [5, 5.41) is 0. The quantitative estimate of drug-likeness (QED) is 0.659. The van der Waals surface area contributed by atoms with E-state index in [1.807, 2.05) is 18.7 Å². The van der Waals surface area contributed by atoms with Crippen molar-refractivity contribution < 1.29 is 9.53 Å². The minimum absolute atomic E-state index is 0.00394. The molecular weight excluding hydrogens is 168 g/mol. The fraction of sp³-hybridized carbons (Fsp3) is 0.889. The monoisotopic (exact) mass is 186 g/mol. The van der Waals surface area contributed by atoms with Gasteiger partial charge in [-0.25, -0.2) is 0 Å². The van der Waals surface area contributed by atoms with Gasteiger partial charge in [0.25, 0.3) is 0 Å². The first-order valence-electron chi connectivity index (χ1n) is 4.80. The second-order valence-corrected chi connectivity index (χ2v) is 3.46. The summed E-state index contributed by atoms with van der Waals surface area (Å²) >= 11 is 0. The highest BCUT2D eigenvalue weighted by molar-refractivity contribution is 5.75. The number of nitrogens with two attached hydrogens (primary N) is 1. The molecule has 1 amide bonds. The normalized spacial score (nSPS) is 25.8. The third-order valence-corrected chi connectivity index (χ3v) is 2.34. The van der Waals surface area contributed by atoms with Crippen molar-refractivity contribution in [3.63, 3.8) is 0 Å². The molecule has 76 valence electrons. The van der Waals surface area contributed by atoms with Crippen LogP contribution in [0.3, 0.4) is 0 Å². The predicted molar refractivity (Wildman–Crippen MR) is 50.3 cm³/mol. The maximum Gasteiger partial charge on any atom is 0.222 e. The Hall–Kier alpha value is -0.610. The first kappa shape index (κ1) is 10.5. The van der Waals surface area contributed by atoms with E-state index >= 15 is 0 Å². The number of carbonyl (C=O) groups is 1. The van der Waals surface area contributed by atoms with E-state index in [0.29, 0.717) is 26.1 Å². The molecule has 1 aliphatic rings. The Morgan fingerprint density at radius 3 is 3.00 bits per heavy atom. The van der Waals surface area contributed by atoms with Gasteiger partial charge in [0.15, 0.2) is 0 Å². The van der Waals surface area contributed by atoms with Crippen molar-refractivity contribution in [2.45, 2.75) is 32.4 Å². The molecule has 13 heavy (non-hydrogen) atoms. The van der Waals surface area contributed by atoms with Crippen LogP contribution in [-0.2, 0) is 9.53 Å². The molecule has 1 saturated heterocycles. The van der Waals surface area contributed by atoms with Gasteiger partial charge >= 0.3 is 0 Å². The lowest BCUT2D eigenvalue weighted by Crippen LogP contribution is -2.51. The Morgan fingerprint density at radius 2 is 2.46 bits per heavy atom. The van der Waals surface area contributed by atoms with Crippen LogP contribution >= 0.6 is 0 Å². The second kappa shape index (κ2) is 4.58. The Kier molecular flexibility index (Phi) is 3.69. The highest BCUT2D eigenvalue weighted by Crippen LogP contribution is 2.08. The summed E-state index contributed by atoms with van der Waals surface area (Å²) < 4.78 is 5.45. The van der Waals surface area contributed by atoms with E-state index in [4.69, 9.17) is 10.5 Å². The van der Waals surface area contributed by atoms with Gasteiger partial charge in [-0.3, -0.25) is 4.79 Å². The van der Waals surface area contributed by atoms with Crippen LogP contribution in [0, 0.1) is 0 Å². The first-order chi connectivity index (χ1) is 6.15. The molecule has 2 unspecified atom stereocenters. The average molecular weight is 186 g/mol. The molecule has 4 nitrogen and oxygen atoms in total. The van der Waals surface area contributed by atoms with Crippen LogP contribution in [-0.4, -0.2) is 42.6 Å². The summed E-state index contributed by atoms with van der Waals surface area (Å²) in [4.78, 5) is 13.2. The predicted octanol–water partition coefficient (Wildman–Crippen LogP) is -0.0290. The van der Waals surface area contributed by atoms with Crippen LogP contribution in [0.5, 0.6) is 0 Å². The Bertz CT molecular complexity index is 182. The number of carbonyl (C=O) groups excluding carboxylic acids is 1. The van der Waals surface area contributed by atoms with Gasteiger partial charge in [0, 0.05) is 25.6 Å². The molecule has 0 spiro atoms. The zero-order valence-electron chi connectivity index (χ0n) is 8.32. The van der Waals surface area contributed by atoms with Crippen molar-refractivity contribution in [1.29, 1.82) is 0 Å². The van der Waals surface area contributed by atoms with Crippen LogP contribution in [0.1, 0.15) is 20.3 Å². The van der Waals surface area contributed by atoms with E-state index < -0.39 is 0 Å². The molecule has 0 radical (unpaired) electrons. The van der Waals surface area contributed by atoms with Gasteiger partial charge in [-0.05, 0) is 6.92 Å². The van der Waals surface area contributed by atoms with Gasteiger partial charge in [0.2, 0.25) is 5.91 Å². The molecular formula is C9H18N2O2. The smallest absolute Gasteiger partial charge is 0.222 e. The summed E-state index contributed by atoms with van der Waals surface area (Å²) in [6.45, 7) is 5.74. The molecule has 0 aliphatic carbocycles. The topological polar surface area (TPSA) is 55.6 Å². The molecule has 0 bridgehead atoms. The molecule has 0 aromatic heterocycles. The molecule has 2 atom stereocenters. The second-order valence-electron chi connectivity index (χ2n) is 3.46. The average Bonchev–Trinajstić information content (AvgIpc) is 2.17. The number of hydrogen-bond donors (Lipinski definition) is 1. The van der Waals surface area contributed by atoms with E-state index in [1.54, 1.807) is 0 Å². The molecule has 1 rings (SSSR count). The molecule has 1 heterocycles. The maximum atomic E-state index is 11.4. The van der Waals surface area contributed by atoms with Crippen molar-refractivity contribution in [2.75, 3.05) is 19.7 Å². The molecule has 4 heteroatoms. The number of amides is 1. The molecule has 1 fully saturated rings. The summed E-state index contributed by atoms with van der Waals surface area (Å²) in [6.07, 6.45) is 0.565. The lowest BCUT2D eigenvalue weighted by atomic mass is 10.1. The fourth-order valence-electron chi connectivity index (χ4n) is 1.44. The van der Waals surface area contributed by atoms with Crippen molar-refractivity contribution >= 4 is 5.91 Å². The summed E-state index contributed by atoms with van der Waals surface area (Å²) in [6, 6.07) is -0.00699. The third kappa shape index (κ3) is 2.67. The van der Waals surface area contributed by atoms with Crippen LogP contribution in [0.2, 0.25) is 0 Å². The van der Waals surface area contributed by atoms with Crippen molar-refractivity contribution in [2.24, 2.45) is 5.73 Å². The van der Waals surface area contributed by atoms with Crippen molar-refractivity contribution in [3.8, 4) is 0 Å². The summed E-state index contributed by atoms with van der Waals surface area (Å²) in [7, 11) is 0. The molecule has 1 aliphatic heterocycles. The lowest BCUT2D eigenvalue weighted by molar-refractivity contribution is -0.138. The number of nitrogens with zero attached hydrogens (tertiary/aromatic N) is 1.